The summed E-state index contributed by atoms with van der Waals surface area (Å²) in [5.74, 6) is 1.58. The van der Waals surface area contributed by atoms with Crippen molar-refractivity contribution in [3.63, 3.8) is 0 Å². The van der Waals surface area contributed by atoms with Gasteiger partial charge in [-0.1, -0.05) is 52.7 Å². The Kier molecular flexibility index (Phi) is 7.84. The Morgan fingerprint density at radius 1 is 1.20 bits per heavy atom. The molecule has 30 heavy (non-hydrogen) atoms. The van der Waals surface area contributed by atoms with E-state index in [1.54, 1.807) is 0 Å². The number of fused-ring (bicyclic) bond motifs is 2. The number of unbranched alkanes of at least 4 members (excludes halogenated alkanes) is 1. The number of nitrogens with zero attached hydrogens (tertiary/aromatic N) is 4. The highest BCUT2D eigenvalue weighted by Gasteiger charge is 2.45. The fourth-order valence-electron chi connectivity index (χ4n) is 5.03. The summed E-state index contributed by atoms with van der Waals surface area (Å²) in [7, 11) is -1.68. The van der Waals surface area contributed by atoms with Crippen LogP contribution in [0.15, 0.2) is 6.20 Å². The average Bonchev–Trinajstić information content (AvgIpc) is 3.32. The second-order valence-electron chi connectivity index (χ2n) is 11.7. The Morgan fingerprint density at radius 3 is 2.67 bits per heavy atom. The molecule has 2 aliphatic heterocycles. The van der Waals surface area contributed by atoms with E-state index < -0.39 is 8.32 Å². The molecule has 2 aliphatic rings. The van der Waals surface area contributed by atoms with E-state index >= 15 is 0 Å². The molecule has 6 heteroatoms. The quantitative estimate of drug-likeness (QED) is 0.340. The minimum atomic E-state index is -1.68. The van der Waals surface area contributed by atoms with Gasteiger partial charge in [-0.2, -0.15) is 0 Å². The summed E-state index contributed by atoms with van der Waals surface area (Å²) in [6.45, 7) is 19.2. The van der Waals surface area contributed by atoms with E-state index in [1.807, 2.05) is 0 Å². The van der Waals surface area contributed by atoms with Gasteiger partial charge in [0.15, 0.2) is 8.32 Å². The van der Waals surface area contributed by atoms with Crippen LogP contribution in [0.3, 0.4) is 0 Å². The molecule has 0 amide bonds. The van der Waals surface area contributed by atoms with E-state index in [2.05, 4.69) is 73.8 Å². The lowest BCUT2D eigenvalue weighted by molar-refractivity contribution is 0.221. The molecule has 1 aromatic rings. The zero-order chi connectivity index (χ0) is 21.9. The largest absolute Gasteiger partial charge is 0.416 e. The third-order valence-corrected chi connectivity index (χ3v) is 12.4. The Labute approximate surface area is 186 Å². The molecule has 0 radical (unpaired) electrons. The molecule has 0 N–H and O–H groups in total. The Bertz CT molecular complexity index is 666. The van der Waals surface area contributed by atoms with E-state index in [-0.39, 0.29) is 5.04 Å². The Hall–Kier alpha value is -0.723. The van der Waals surface area contributed by atoms with Crippen LogP contribution in [0.25, 0.3) is 0 Å². The summed E-state index contributed by atoms with van der Waals surface area (Å²) in [5, 5.41) is 9.14. The van der Waals surface area contributed by atoms with Gasteiger partial charge in [0.25, 0.3) is 0 Å². The minimum absolute atomic E-state index is 0.257. The van der Waals surface area contributed by atoms with Gasteiger partial charge in [0.1, 0.15) is 0 Å². The van der Waals surface area contributed by atoms with E-state index in [0.717, 1.165) is 49.2 Å². The van der Waals surface area contributed by atoms with Gasteiger partial charge < -0.3 is 4.43 Å². The maximum atomic E-state index is 6.31. The molecule has 0 spiro atoms. The summed E-state index contributed by atoms with van der Waals surface area (Å²) >= 11 is 0. The average molecular weight is 435 g/mol. The first-order valence-electron chi connectivity index (χ1n) is 12.4. The van der Waals surface area contributed by atoms with E-state index in [4.69, 9.17) is 4.43 Å². The summed E-state index contributed by atoms with van der Waals surface area (Å²) in [6, 6.07) is 1.59. The summed E-state index contributed by atoms with van der Waals surface area (Å²) in [4.78, 5) is 2.83. The van der Waals surface area contributed by atoms with Crippen molar-refractivity contribution < 1.29 is 4.43 Å². The van der Waals surface area contributed by atoms with Crippen molar-refractivity contribution in [1.29, 1.82) is 0 Å². The number of rotatable bonds is 11. The van der Waals surface area contributed by atoms with Crippen LogP contribution < -0.4 is 0 Å². The number of hydrogen-bond donors (Lipinski definition) is 0. The monoisotopic (exact) mass is 434 g/mol. The predicted octanol–water partition coefficient (Wildman–Crippen LogP) is 5.52. The topological polar surface area (TPSA) is 43.2 Å². The van der Waals surface area contributed by atoms with E-state index in [1.165, 1.54) is 45.1 Å². The van der Waals surface area contributed by atoms with Crippen LogP contribution in [0.4, 0.5) is 0 Å². The van der Waals surface area contributed by atoms with E-state index in [9.17, 15) is 0 Å². The standard InChI is InChI=1S/C24H46N4OSi/c1-19(2)10-8-9-14-28-22-11-12-23(28)20(16-22)17-27-18-21(25-26-27)13-15-29-30(6,7)24(3,4)5/h18-20,22-23H,8-17H2,1-7H3/t20-,22-,23+/m1/s1. The molecule has 3 heterocycles. The van der Waals surface area contributed by atoms with E-state index in [0.29, 0.717) is 0 Å². The molecule has 0 aromatic carbocycles. The summed E-state index contributed by atoms with van der Waals surface area (Å²) in [6.07, 6.45) is 11.3. The molecular formula is C24H46N4OSi. The van der Waals surface area contributed by atoms with Gasteiger partial charge in [-0.25, -0.2) is 0 Å². The van der Waals surface area contributed by atoms with Gasteiger partial charge >= 0.3 is 0 Å². The van der Waals surface area contributed by atoms with Crippen LogP contribution in [-0.2, 0) is 17.4 Å². The van der Waals surface area contributed by atoms with Crippen LogP contribution in [0.1, 0.15) is 78.8 Å². The zero-order valence-electron chi connectivity index (χ0n) is 20.7. The minimum Gasteiger partial charge on any atom is -0.416 e. The Balaban J connectivity index is 1.44. The van der Waals surface area contributed by atoms with Crippen LogP contribution in [0.5, 0.6) is 0 Å². The van der Waals surface area contributed by atoms with Gasteiger partial charge in [0.2, 0.25) is 0 Å². The van der Waals surface area contributed by atoms with Crippen molar-refractivity contribution in [2.75, 3.05) is 13.2 Å². The molecule has 172 valence electrons. The van der Waals surface area contributed by atoms with Gasteiger partial charge in [0, 0.05) is 37.9 Å². The lowest BCUT2D eigenvalue weighted by Crippen LogP contribution is -2.41. The third-order valence-electron chi connectivity index (χ3n) is 7.89. The van der Waals surface area contributed by atoms with Crippen LogP contribution in [0, 0.1) is 11.8 Å². The molecule has 0 saturated carbocycles. The molecule has 2 fully saturated rings. The van der Waals surface area contributed by atoms with Crippen molar-refractivity contribution in [1.82, 2.24) is 19.9 Å². The lowest BCUT2D eigenvalue weighted by atomic mass is 9.89. The number of aromatic nitrogens is 3. The number of hydrogen-bond acceptors (Lipinski definition) is 4. The molecular weight excluding hydrogens is 388 g/mol. The second kappa shape index (κ2) is 9.82. The highest BCUT2D eigenvalue weighted by Crippen LogP contribution is 2.42. The maximum Gasteiger partial charge on any atom is 0.191 e. The first kappa shape index (κ1) is 23.9. The summed E-state index contributed by atoms with van der Waals surface area (Å²) < 4.78 is 8.41. The van der Waals surface area contributed by atoms with Crippen LogP contribution in [-0.4, -0.2) is 53.4 Å². The highest BCUT2D eigenvalue weighted by atomic mass is 28.4. The third kappa shape index (κ3) is 5.95. The van der Waals surface area contributed by atoms with Crippen molar-refractivity contribution in [3.05, 3.63) is 11.9 Å². The predicted molar refractivity (Wildman–Crippen MR) is 127 cm³/mol. The lowest BCUT2D eigenvalue weighted by Gasteiger charge is -2.36. The first-order valence-corrected chi connectivity index (χ1v) is 15.3. The van der Waals surface area contributed by atoms with Gasteiger partial charge in [-0.15, -0.1) is 5.10 Å². The van der Waals surface area contributed by atoms with Gasteiger partial charge in [-0.05, 0) is 62.2 Å². The molecule has 0 aliphatic carbocycles. The fourth-order valence-corrected chi connectivity index (χ4v) is 6.08. The second-order valence-corrected chi connectivity index (χ2v) is 16.5. The Morgan fingerprint density at radius 2 is 1.97 bits per heavy atom. The molecule has 3 atom stereocenters. The van der Waals surface area contributed by atoms with Crippen molar-refractivity contribution >= 4 is 8.32 Å². The molecule has 5 nitrogen and oxygen atoms in total. The molecule has 2 saturated heterocycles. The zero-order valence-corrected chi connectivity index (χ0v) is 21.7. The molecule has 3 rings (SSSR count). The molecule has 1 aromatic heterocycles. The SMILES string of the molecule is CC(C)CCCCN1[C@@H]2CC[C@H]1[C@@H](Cn1cc(CCO[Si](C)(C)C(C)(C)C)nn1)C2. The normalized spacial score (nSPS) is 25.0. The fraction of sp³-hybridized carbons (Fsp3) is 0.917. The van der Waals surface area contributed by atoms with Crippen LogP contribution >= 0.6 is 0 Å². The van der Waals surface area contributed by atoms with Crippen molar-refractivity contribution in [3.8, 4) is 0 Å². The summed E-state index contributed by atoms with van der Waals surface area (Å²) in [5.41, 5.74) is 1.07. The van der Waals surface area contributed by atoms with Gasteiger partial charge in [0.05, 0.1) is 5.69 Å². The van der Waals surface area contributed by atoms with Crippen LogP contribution in [0.2, 0.25) is 18.1 Å². The smallest absolute Gasteiger partial charge is 0.191 e. The molecule has 2 bridgehead atoms. The molecule has 0 unspecified atom stereocenters. The highest BCUT2D eigenvalue weighted by molar-refractivity contribution is 6.74. The first-order chi connectivity index (χ1) is 14.1. The maximum absolute atomic E-state index is 6.31. The van der Waals surface area contributed by atoms with Crippen molar-refractivity contribution in [2.45, 2.75) is 116 Å². The van der Waals surface area contributed by atoms with Gasteiger partial charge in [-0.3, -0.25) is 9.58 Å². The van der Waals surface area contributed by atoms with Crippen molar-refractivity contribution in [2.24, 2.45) is 11.8 Å².